The summed E-state index contributed by atoms with van der Waals surface area (Å²) in [7, 11) is -9.89. The SMILES string of the molecule is CCCCCCCCCCCCCCCCCCCCCCC(=O)O[C@H](COC(=O)CCCCCCCCCCCCCC)COP(=O)(O)OC[C@@H](O)COP(=O)(O)OC[C@@H](COC(=O)CCCCCCC)OC(=O)CCCCCCCCCCCCCC. The number of aliphatic hydroxyl groups is 1. The van der Waals surface area contributed by atoms with Gasteiger partial charge in [-0.3, -0.25) is 37.3 Å². The highest BCUT2D eigenvalue weighted by Crippen LogP contribution is 2.45. The molecule has 0 aromatic carbocycles. The molecule has 0 fully saturated rings. The molecule has 5 atom stereocenters. The van der Waals surface area contributed by atoms with Crippen LogP contribution in [-0.2, 0) is 65.4 Å². The normalized spacial score (nSPS) is 14.0. The number of carbonyl (C=O) groups excluding carboxylic acids is 4. The lowest BCUT2D eigenvalue weighted by atomic mass is 10.0. The number of hydrogen-bond acceptors (Lipinski definition) is 15. The zero-order valence-electron chi connectivity index (χ0n) is 57.4. The second kappa shape index (κ2) is 64.8. The third kappa shape index (κ3) is 64.6. The monoisotopic (exact) mass is 1310 g/mol. The smallest absolute Gasteiger partial charge is 0.462 e. The van der Waals surface area contributed by atoms with Gasteiger partial charge in [-0.15, -0.1) is 0 Å². The van der Waals surface area contributed by atoms with Gasteiger partial charge in [0.05, 0.1) is 26.4 Å². The average molecular weight is 1310 g/mol. The van der Waals surface area contributed by atoms with Gasteiger partial charge in [0.1, 0.15) is 19.3 Å². The second-order valence-electron chi connectivity index (χ2n) is 25.3. The summed E-state index contributed by atoms with van der Waals surface area (Å²) < 4.78 is 68.0. The van der Waals surface area contributed by atoms with E-state index in [1.807, 2.05) is 0 Å². The van der Waals surface area contributed by atoms with Crippen molar-refractivity contribution in [3.8, 4) is 0 Å². The number of aliphatic hydroxyl groups excluding tert-OH is 1. The van der Waals surface area contributed by atoms with Crippen LogP contribution >= 0.6 is 15.6 Å². The maximum absolute atomic E-state index is 13.0. The van der Waals surface area contributed by atoms with Crippen molar-refractivity contribution in [2.24, 2.45) is 0 Å². The molecule has 0 aromatic heterocycles. The summed E-state index contributed by atoms with van der Waals surface area (Å²) in [6, 6.07) is 0. The maximum atomic E-state index is 13.0. The molecule has 0 bridgehead atoms. The summed E-state index contributed by atoms with van der Waals surface area (Å²) in [6.45, 7) is 4.86. The molecule has 3 N–H and O–H groups in total. The van der Waals surface area contributed by atoms with E-state index >= 15 is 0 Å². The lowest BCUT2D eigenvalue weighted by Gasteiger charge is -2.21. The highest BCUT2D eigenvalue weighted by molar-refractivity contribution is 7.47. The first-order valence-electron chi connectivity index (χ1n) is 36.8. The number of rotatable bonds is 71. The summed E-state index contributed by atoms with van der Waals surface area (Å²) in [5, 5.41) is 10.6. The Morgan fingerprint density at radius 1 is 0.270 bits per heavy atom. The second-order valence-corrected chi connectivity index (χ2v) is 28.2. The van der Waals surface area contributed by atoms with Gasteiger partial charge >= 0.3 is 39.5 Å². The number of esters is 4. The van der Waals surface area contributed by atoms with Crippen molar-refractivity contribution < 1.29 is 80.2 Å². The van der Waals surface area contributed by atoms with E-state index < -0.39 is 97.5 Å². The van der Waals surface area contributed by atoms with E-state index in [0.717, 1.165) is 96.3 Å². The van der Waals surface area contributed by atoms with Gasteiger partial charge < -0.3 is 33.8 Å². The largest absolute Gasteiger partial charge is 0.472 e. The molecular weight excluding hydrogens is 1170 g/mol. The van der Waals surface area contributed by atoms with Gasteiger partial charge in [0, 0.05) is 25.7 Å². The van der Waals surface area contributed by atoms with Gasteiger partial charge in [-0.2, -0.15) is 0 Å². The number of hydrogen-bond donors (Lipinski definition) is 3. The summed E-state index contributed by atoms with van der Waals surface area (Å²) in [5.41, 5.74) is 0. The minimum atomic E-state index is -4.95. The van der Waals surface area contributed by atoms with Crippen molar-refractivity contribution in [3.05, 3.63) is 0 Å². The zero-order valence-corrected chi connectivity index (χ0v) is 59.2. The number of unbranched alkanes of at least 4 members (excludes halogenated alkanes) is 45. The Balaban J connectivity index is 5.11. The summed E-state index contributed by atoms with van der Waals surface area (Å²) in [6.07, 6.45) is 53.1. The Morgan fingerprint density at radius 3 is 0.663 bits per heavy atom. The van der Waals surface area contributed by atoms with E-state index in [9.17, 15) is 43.2 Å². The van der Waals surface area contributed by atoms with E-state index in [1.165, 1.54) is 193 Å². The average Bonchev–Trinajstić information content (AvgIpc) is 3.68. The fraction of sp³-hybridized carbons (Fsp3) is 0.943. The van der Waals surface area contributed by atoms with Crippen LogP contribution in [0, 0.1) is 0 Å². The first-order valence-corrected chi connectivity index (χ1v) is 39.8. The van der Waals surface area contributed by atoms with E-state index in [4.69, 9.17) is 37.0 Å². The summed E-state index contributed by atoms with van der Waals surface area (Å²) in [4.78, 5) is 72.2. The lowest BCUT2D eigenvalue weighted by molar-refractivity contribution is -0.161. The third-order valence-electron chi connectivity index (χ3n) is 16.4. The Bertz CT molecular complexity index is 1710. The molecule has 0 spiro atoms. The molecule has 17 nitrogen and oxygen atoms in total. The van der Waals surface area contributed by atoms with Crippen molar-refractivity contribution in [3.63, 3.8) is 0 Å². The first kappa shape index (κ1) is 87.1. The van der Waals surface area contributed by atoms with Crippen LogP contribution in [0.15, 0.2) is 0 Å². The predicted molar refractivity (Wildman–Crippen MR) is 359 cm³/mol. The van der Waals surface area contributed by atoms with E-state index in [0.29, 0.717) is 25.7 Å². The van der Waals surface area contributed by atoms with Gasteiger partial charge in [-0.25, -0.2) is 9.13 Å². The van der Waals surface area contributed by atoms with Crippen LogP contribution in [0.1, 0.15) is 368 Å². The number of phosphoric ester groups is 2. The third-order valence-corrected chi connectivity index (χ3v) is 18.3. The molecule has 0 rings (SSSR count). The molecule has 89 heavy (non-hydrogen) atoms. The maximum Gasteiger partial charge on any atom is 0.472 e. The van der Waals surface area contributed by atoms with Crippen molar-refractivity contribution in [1.82, 2.24) is 0 Å². The van der Waals surface area contributed by atoms with Crippen LogP contribution in [-0.4, -0.2) is 96.7 Å². The fourth-order valence-corrected chi connectivity index (χ4v) is 12.3. The molecule has 528 valence electrons. The Labute approximate surface area is 543 Å². The van der Waals surface area contributed by atoms with Crippen LogP contribution in [0.25, 0.3) is 0 Å². The Hall–Kier alpha value is -1.94. The van der Waals surface area contributed by atoms with E-state index in [-0.39, 0.29) is 25.7 Å². The quantitative estimate of drug-likeness (QED) is 0.0222. The predicted octanol–water partition coefficient (Wildman–Crippen LogP) is 20.3. The highest BCUT2D eigenvalue weighted by Gasteiger charge is 2.30. The van der Waals surface area contributed by atoms with Crippen LogP contribution < -0.4 is 0 Å². The molecule has 0 heterocycles. The van der Waals surface area contributed by atoms with Crippen LogP contribution in [0.4, 0.5) is 0 Å². The highest BCUT2D eigenvalue weighted by atomic mass is 31.2. The van der Waals surface area contributed by atoms with Crippen LogP contribution in [0.3, 0.4) is 0 Å². The zero-order chi connectivity index (χ0) is 65.4. The summed E-state index contributed by atoms with van der Waals surface area (Å²) in [5.74, 6) is -2.13. The standard InChI is InChI=1S/C70H136O17P2/c1-5-9-13-17-20-23-26-29-30-31-32-33-34-35-36-39-42-45-49-53-57-70(75)87-66(61-81-68(73)55-51-47-43-40-37-27-24-21-18-14-10-6-2)63-85-89(78,79)83-59-64(71)58-82-88(76,77)84-62-65(60-80-67(72)54-50-46-16-12-8-4)86-69(74)56-52-48-44-41-38-28-25-22-19-15-11-7-3/h64-66,71H,5-63H2,1-4H3,(H,76,77)(H,78,79)/t64-,65+,66+/m0/s1. The molecule has 19 heteroatoms. The molecular formula is C70H136O17P2. The van der Waals surface area contributed by atoms with Gasteiger partial charge in [0.2, 0.25) is 0 Å². The van der Waals surface area contributed by atoms with Gasteiger partial charge in [-0.1, -0.05) is 317 Å². The minimum Gasteiger partial charge on any atom is -0.462 e. The van der Waals surface area contributed by atoms with Crippen molar-refractivity contribution in [2.75, 3.05) is 39.6 Å². The lowest BCUT2D eigenvalue weighted by Crippen LogP contribution is -2.30. The molecule has 0 amide bonds. The molecule has 2 unspecified atom stereocenters. The molecule has 0 aromatic rings. The number of carbonyl (C=O) groups is 4. The molecule has 0 radical (unpaired) electrons. The molecule has 0 aliphatic rings. The Kier molecular flexibility index (Phi) is 63.3. The van der Waals surface area contributed by atoms with E-state index in [1.54, 1.807) is 0 Å². The van der Waals surface area contributed by atoms with E-state index in [2.05, 4.69) is 27.7 Å². The molecule has 0 saturated heterocycles. The number of phosphoric acid groups is 2. The van der Waals surface area contributed by atoms with Gasteiger partial charge in [0.25, 0.3) is 0 Å². The van der Waals surface area contributed by atoms with Crippen LogP contribution in [0.5, 0.6) is 0 Å². The molecule has 0 aliphatic carbocycles. The summed E-state index contributed by atoms with van der Waals surface area (Å²) >= 11 is 0. The van der Waals surface area contributed by atoms with Crippen molar-refractivity contribution >= 4 is 39.5 Å². The topological polar surface area (TPSA) is 237 Å². The van der Waals surface area contributed by atoms with Crippen molar-refractivity contribution in [1.29, 1.82) is 0 Å². The van der Waals surface area contributed by atoms with Gasteiger partial charge in [-0.05, 0) is 25.7 Å². The number of ether oxygens (including phenoxy) is 4. The minimum absolute atomic E-state index is 0.107. The fourth-order valence-electron chi connectivity index (χ4n) is 10.7. The van der Waals surface area contributed by atoms with Crippen LogP contribution in [0.2, 0.25) is 0 Å². The first-order chi connectivity index (χ1) is 43.2. The van der Waals surface area contributed by atoms with Gasteiger partial charge in [0.15, 0.2) is 12.2 Å². The van der Waals surface area contributed by atoms with Crippen molar-refractivity contribution in [2.45, 2.75) is 386 Å². The molecule has 0 aliphatic heterocycles. The molecule has 0 saturated carbocycles. The Morgan fingerprint density at radius 2 is 0.449 bits per heavy atom.